The molecule has 0 fully saturated rings. The fourth-order valence-electron chi connectivity index (χ4n) is 3.75. The van der Waals surface area contributed by atoms with Gasteiger partial charge in [-0.1, -0.05) is 73.3 Å². The molecule has 0 bridgehead atoms. The van der Waals surface area contributed by atoms with Crippen molar-refractivity contribution in [2.45, 2.75) is 44.8 Å². The quantitative estimate of drug-likeness (QED) is 0.705. The Labute approximate surface area is 159 Å². The number of hydrogen-bond donors (Lipinski definition) is 0. The van der Waals surface area contributed by atoms with Gasteiger partial charge in [0.25, 0.3) is 0 Å². The van der Waals surface area contributed by atoms with E-state index < -0.39 is 18.1 Å². The molecule has 2 aliphatic rings. The van der Waals surface area contributed by atoms with Crippen molar-refractivity contribution in [2.75, 3.05) is 13.1 Å². The zero-order valence-corrected chi connectivity index (χ0v) is 18.2. The lowest BCUT2D eigenvalue weighted by Crippen LogP contribution is -2.31. The van der Waals surface area contributed by atoms with Gasteiger partial charge in [0.1, 0.15) is 0 Å². The van der Waals surface area contributed by atoms with Crippen LogP contribution in [0.1, 0.15) is 18.9 Å². The molecule has 0 radical (unpaired) electrons. The number of hydrogen-bond acceptors (Lipinski definition) is 2. The summed E-state index contributed by atoms with van der Waals surface area (Å²) in [6, 6.07) is 7.18. The van der Waals surface area contributed by atoms with E-state index in [-0.39, 0.29) is 0 Å². The predicted octanol–water partition coefficient (Wildman–Crippen LogP) is 4.70. The van der Waals surface area contributed by atoms with E-state index in [9.17, 15) is 8.42 Å². The highest BCUT2D eigenvalue weighted by atomic mass is 32.2. The van der Waals surface area contributed by atoms with Crippen LogP contribution in [0.3, 0.4) is 0 Å². The molecule has 3 rings (SSSR count). The number of allylic oxidation sites excluding steroid dienone is 3. The van der Waals surface area contributed by atoms with Gasteiger partial charge in [0, 0.05) is 13.1 Å². The molecule has 1 aromatic rings. The Bertz CT molecular complexity index is 887. The molecule has 0 amide bonds. The summed E-state index contributed by atoms with van der Waals surface area (Å²) in [7, 11) is -5.03. The minimum atomic E-state index is -3.46. The van der Waals surface area contributed by atoms with Crippen LogP contribution >= 0.6 is 0 Å². The van der Waals surface area contributed by atoms with Crippen molar-refractivity contribution in [2.24, 2.45) is 5.92 Å². The molecule has 0 saturated carbocycles. The van der Waals surface area contributed by atoms with E-state index in [1.807, 2.05) is 19.1 Å². The number of sulfonamides is 1. The maximum absolute atomic E-state index is 13.2. The Hall–Kier alpha value is -1.43. The lowest BCUT2D eigenvalue weighted by molar-refractivity contribution is 0.478. The molecule has 1 aromatic carbocycles. The molecule has 140 valence electrons. The van der Waals surface area contributed by atoms with E-state index in [2.05, 4.69) is 44.8 Å². The van der Waals surface area contributed by atoms with Crippen molar-refractivity contribution in [3.8, 4) is 0 Å². The lowest BCUT2D eigenvalue weighted by atomic mass is 9.96. The fourth-order valence-corrected chi connectivity index (χ4v) is 6.91. The summed E-state index contributed by atoms with van der Waals surface area (Å²) >= 11 is 0. The van der Waals surface area contributed by atoms with E-state index in [0.717, 1.165) is 12.0 Å². The Morgan fingerprint density at radius 1 is 1.08 bits per heavy atom. The minimum Gasteiger partial charge on any atom is -0.207 e. The summed E-state index contributed by atoms with van der Waals surface area (Å²) in [5.41, 5.74) is 3.64. The van der Waals surface area contributed by atoms with Crippen LogP contribution in [0, 0.1) is 12.8 Å². The van der Waals surface area contributed by atoms with Crippen LogP contribution in [0.25, 0.3) is 0 Å². The molecule has 1 unspecified atom stereocenters. The topological polar surface area (TPSA) is 37.4 Å². The van der Waals surface area contributed by atoms with Gasteiger partial charge in [0.05, 0.1) is 13.0 Å². The van der Waals surface area contributed by atoms with Gasteiger partial charge >= 0.3 is 0 Å². The standard InChI is InChI=1S/C21H29NO2SSi/c1-16-9-11-19(12-10-16)25(23,24)22-14-18-13-17(2)7-6-8-21(20(18)15-22)26(3,4)5/h6-12,17H,13-15H2,1-5H3/b7-6-,21-8+. The summed E-state index contributed by atoms with van der Waals surface area (Å²) in [4.78, 5) is 0.392. The van der Waals surface area contributed by atoms with Gasteiger partial charge in [0.2, 0.25) is 10.0 Å². The second-order valence-electron chi connectivity index (χ2n) is 8.56. The Kier molecular flexibility index (Phi) is 5.16. The van der Waals surface area contributed by atoms with E-state index in [0.29, 0.717) is 23.9 Å². The van der Waals surface area contributed by atoms with Crippen molar-refractivity contribution in [1.29, 1.82) is 0 Å². The van der Waals surface area contributed by atoms with Crippen LogP contribution in [0.5, 0.6) is 0 Å². The molecular formula is C21H29NO2SSi. The van der Waals surface area contributed by atoms with Gasteiger partial charge in [-0.15, -0.1) is 0 Å². The average Bonchev–Trinajstić information content (AvgIpc) is 2.92. The lowest BCUT2D eigenvalue weighted by Gasteiger charge is -2.25. The highest BCUT2D eigenvalue weighted by Crippen LogP contribution is 2.36. The fraction of sp³-hybridized carbons (Fsp3) is 0.429. The smallest absolute Gasteiger partial charge is 0.207 e. The monoisotopic (exact) mass is 387 g/mol. The number of aryl methyl sites for hydroxylation is 1. The average molecular weight is 388 g/mol. The van der Waals surface area contributed by atoms with Gasteiger partial charge < -0.3 is 0 Å². The first kappa shape index (κ1) is 19.3. The van der Waals surface area contributed by atoms with Crippen molar-refractivity contribution in [3.05, 3.63) is 64.4 Å². The molecule has 1 atom stereocenters. The first-order chi connectivity index (χ1) is 12.1. The first-order valence-corrected chi connectivity index (χ1v) is 14.2. The molecule has 0 aromatic heterocycles. The second-order valence-corrected chi connectivity index (χ2v) is 15.5. The largest absolute Gasteiger partial charge is 0.243 e. The zero-order valence-electron chi connectivity index (χ0n) is 16.4. The minimum absolute atomic E-state index is 0.392. The molecule has 0 spiro atoms. The van der Waals surface area contributed by atoms with E-state index in [4.69, 9.17) is 0 Å². The molecule has 0 N–H and O–H groups in total. The molecule has 26 heavy (non-hydrogen) atoms. The van der Waals surface area contributed by atoms with Crippen LogP contribution in [-0.4, -0.2) is 33.9 Å². The third-order valence-corrected chi connectivity index (χ3v) is 9.08. The van der Waals surface area contributed by atoms with Crippen LogP contribution in [0.2, 0.25) is 19.6 Å². The highest BCUT2D eigenvalue weighted by Gasteiger charge is 2.36. The first-order valence-electron chi connectivity index (χ1n) is 9.26. The number of rotatable bonds is 3. The molecule has 1 aliphatic carbocycles. The number of benzene rings is 1. The summed E-state index contributed by atoms with van der Waals surface area (Å²) < 4.78 is 28.0. The van der Waals surface area contributed by atoms with Crippen molar-refractivity contribution in [3.63, 3.8) is 0 Å². The van der Waals surface area contributed by atoms with Crippen LogP contribution in [0.4, 0.5) is 0 Å². The highest BCUT2D eigenvalue weighted by molar-refractivity contribution is 7.89. The van der Waals surface area contributed by atoms with Crippen molar-refractivity contribution < 1.29 is 8.42 Å². The summed E-state index contributed by atoms with van der Waals surface area (Å²) in [5, 5.41) is 1.39. The summed E-state index contributed by atoms with van der Waals surface area (Å²) in [6.07, 6.45) is 7.58. The predicted molar refractivity (Wildman–Crippen MR) is 111 cm³/mol. The van der Waals surface area contributed by atoms with Gasteiger partial charge in [-0.05, 0) is 37.0 Å². The normalized spacial score (nSPS) is 25.3. The maximum Gasteiger partial charge on any atom is 0.243 e. The Morgan fingerprint density at radius 3 is 2.35 bits per heavy atom. The third kappa shape index (κ3) is 3.80. The second kappa shape index (κ2) is 6.95. The van der Waals surface area contributed by atoms with Crippen molar-refractivity contribution in [1.82, 2.24) is 4.31 Å². The van der Waals surface area contributed by atoms with E-state index >= 15 is 0 Å². The Balaban J connectivity index is 1.97. The molecule has 0 saturated heterocycles. The molecule has 5 heteroatoms. The Morgan fingerprint density at radius 2 is 1.73 bits per heavy atom. The van der Waals surface area contributed by atoms with Crippen LogP contribution in [0.15, 0.2) is 63.7 Å². The number of nitrogens with zero attached hydrogens (tertiary/aromatic N) is 1. The van der Waals surface area contributed by atoms with E-state index in [1.54, 1.807) is 16.4 Å². The summed E-state index contributed by atoms with van der Waals surface area (Å²) in [5.74, 6) is 0.432. The van der Waals surface area contributed by atoms with Gasteiger partial charge in [0.15, 0.2) is 0 Å². The maximum atomic E-state index is 13.2. The molecule has 3 nitrogen and oxygen atoms in total. The van der Waals surface area contributed by atoms with Crippen molar-refractivity contribution >= 4 is 18.1 Å². The van der Waals surface area contributed by atoms with Gasteiger partial charge in [-0.3, -0.25) is 0 Å². The van der Waals surface area contributed by atoms with Crippen LogP contribution in [-0.2, 0) is 10.0 Å². The SMILES string of the molecule is Cc1ccc(S(=O)(=O)N2CC3=C(C2)/C([Si](C)(C)C)=C\C=C/C(C)C3)cc1. The third-order valence-electron chi connectivity index (χ3n) is 5.19. The zero-order chi connectivity index (χ0) is 19.1. The van der Waals surface area contributed by atoms with Crippen LogP contribution < -0.4 is 0 Å². The molecule has 1 heterocycles. The van der Waals surface area contributed by atoms with Gasteiger partial charge in [-0.2, -0.15) is 4.31 Å². The molecular weight excluding hydrogens is 358 g/mol. The van der Waals surface area contributed by atoms with E-state index in [1.165, 1.54) is 16.3 Å². The molecule has 1 aliphatic heterocycles. The van der Waals surface area contributed by atoms with Gasteiger partial charge in [-0.25, -0.2) is 8.42 Å². The summed E-state index contributed by atoms with van der Waals surface area (Å²) in [6.45, 7) is 12.2.